The second-order valence-corrected chi connectivity index (χ2v) is 35.0. The van der Waals surface area contributed by atoms with Crippen LogP contribution in [0.1, 0.15) is 278 Å². The quantitative estimate of drug-likeness (QED) is 0.133. The lowest BCUT2D eigenvalue weighted by Gasteiger charge is -2.51. The number of hydrogen-bond acceptors (Lipinski definition) is 0. The molecule has 0 heteroatoms. The van der Waals surface area contributed by atoms with Crippen LogP contribution >= 0.6 is 0 Å². The van der Waals surface area contributed by atoms with Crippen LogP contribution in [0.4, 0.5) is 0 Å². The molecule has 532 valence electrons. The van der Waals surface area contributed by atoms with E-state index >= 15 is 0 Å². The Morgan fingerprint density at radius 3 is 0.320 bits per heavy atom. The van der Waals surface area contributed by atoms with Crippen molar-refractivity contribution in [1.82, 2.24) is 0 Å². The molecule has 0 spiro atoms. The van der Waals surface area contributed by atoms with Crippen LogP contribution in [0.25, 0.3) is 65.3 Å². The molecule has 0 saturated heterocycles. The van der Waals surface area contributed by atoms with Crippen LogP contribution in [0.3, 0.4) is 0 Å². The van der Waals surface area contributed by atoms with E-state index in [0.29, 0.717) is 0 Å². The molecular formula is C100H132. The van der Waals surface area contributed by atoms with Crippen LogP contribution in [0.15, 0.2) is 0 Å². The standard InChI is InChI=1S/2C26H36.2C24H30/c2*1-13-15(3)19(7)23-21(17(13)5)22-18(6)14(2)16(4)20(8)24(22)26(11,12)25(23,9)10;2*1-11-13(3)17(7)23-21(15(11)5)19(9)20(10)22-16(6)12(2)14(4)18(8)24(22)23/h2*1-12H3;2*1-10H3. The van der Waals surface area contributed by atoms with Gasteiger partial charge in [-0.25, -0.2) is 0 Å². The summed E-state index contributed by atoms with van der Waals surface area (Å²) in [6.07, 6.45) is 0. The molecule has 0 bridgehead atoms. The van der Waals surface area contributed by atoms with E-state index in [4.69, 9.17) is 0 Å². The van der Waals surface area contributed by atoms with Crippen LogP contribution in [0.5, 0.6) is 0 Å². The first kappa shape index (κ1) is 77.4. The molecule has 0 nitrogen and oxygen atoms in total. The predicted molar refractivity (Wildman–Crippen MR) is 449 cm³/mol. The first-order valence-electron chi connectivity index (χ1n) is 38.0. The normalized spacial score (nSPS) is 14.5. The van der Waals surface area contributed by atoms with Gasteiger partial charge in [0.1, 0.15) is 0 Å². The molecule has 10 aromatic carbocycles. The van der Waals surface area contributed by atoms with Crippen molar-refractivity contribution >= 4 is 43.1 Å². The van der Waals surface area contributed by atoms with E-state index in [1.54, 1.807) is 22.3 Å². The van der Waals surface area contributed by atoms with E-state index in [1.165, 1.54) is 266 Å². The molecule has 0 atom stereocenters. The summed E-state index contributed by atoms with van der Waals surface area (Å²) in [6, 6.07) is 0. The zero-order valence-corrected chi connectivity index (χ0v) is 72.0. The monoisotopic (exact) mass is 1330 g/mol. The fraction of sp³-hybridized carbons (Fsp3) is 0.480. The molecule has 0 aliphatic heterocycles. The highest BCUT2D eigenvalue weighted by atomic mass is 14.5. The lowest BCUT2D eigenvalue weighted by molar-refractivity contribution is 0.295. The van der Waals surface area contributed by atoms with Crippen LogP contribution in [-0.4, -0.2) is 0 Å². The van der Waals surface area contributed by atoms with Gasteiger partial charge < -0.3 is 0 Å². The zero-order valence-electron chi connectivity index (χ0n) is 72.0. The van der Waals surface area contributed by atoms with Crippen molar-refractivity contribution in [3.63, 3.8) is 0 Å². The van der Waals surface area contributed by atoms with Gasteiger partial charge in [-0.1, -0.05) is 55.4 Å². The molecule has 0 heterocycles. The van der Waals surface area contributed by atoms with E-state index in [9.17, 15) is 0 Å². The maximum atomic E-state index is 2.46. The van der Waals surface area contributed by atoms with Crippen molar-refractivity contribution in [2.45, 2.75) is 326 Å². The molecule has 0 amide bonds. The third-order valence-electron chi connectivity index (χ3n) is 30.8. The highest BCUT2D eigenvalue weighted by molar-refractivity contribution is 6.18. The Morgan fingerprint density at radius 2 is 0.190 bits per heavy atom. The maximum absolute atomic E-state index is 2.46. The Kier molecular flexibility index (Phi) is 19.8. The summed E-state index contributed by atoms with van der Waals surface area (Å²) in [7, 11) is 0. The molecule has 2 aliphatic rings. The molecular weight excluding hydrogens is 1200 g/mol. The summed E-state index contributed by atoms with van der Waals surface area (Å²) >= 11 is 0. The molecule has 0 fully saturated rings. The van der Waals surface area contributed by atoms with Crippen molar-refractivity contribution in [2.75, 3.05) is 0 Å². The smallest absolute Gasteiger partial charge is 0.000275 e. The Balaban J connectivity index is 0.000000156. The summed E-state index contributed by atoms with van der Waals surface area (Å²) in [4.78, 5) is 0. The van der Waals surface area contributed by atoms with Gasteiger partial charge in [0.2, 0.25) is 0 Å². The average Bonchev–Trinajstić information content (AvgIpc) is 0.695. The van der Waals surface area contributed by atoms with Gasteiger partial charge in [0.05, 0.1) is 0 Å². The summed E-state index contributed by atoms with van der Waals surface area (Å²) in [5, 5.41) is 11.8. The largest absolute Gasteiger partial charge is 0.0549 e. The molecule has 0 N–H and O–H groups in total. The van der Waals surface area contributed by atoms with E-state index < -0.39 is 0 Å². The first-order valence-corrected chi connectivity index (χ1v) is 38.0. The molecule has 0 radical (unpaired) electrons. The minimum Gasteiger partial charge on any atom is -0.0549 e. The van der Waals surface area contributed by atoms with Gasteiger partial charge in [-0.2, -0.15) is 0 Å². The van der Waals surface area contributed by atoms with Gasteiger partial charge in [-0.3, -0.25) is 0 Å². The van der Waals surface area contributed by atoms with E-state index in [0.717, 1.165) is 0 Å². The summed E-state index contributed by atoms with van der Waals surface area (Å²) in [6.45, 7) is 103. The van der Waals surface area contributed by atoms with Gasteiger partial charge in [-0.15, -0.1) is 0 Å². The lowest BCUT2D eigenvalue weighted by atomic mass is 9.52. The topological polar surface area (TPSA) is 0 Å². The summed E-state index contributed by atoms with van der Waals surface area (Å²) in [5.41, 5.74) is 65.2. The molecule has 10 aromatic rings. The van der Waals surface area contributed by atoms with Crippen LogP contribution < -0.4 is 0 Å². The zero-order chi connectivity index (χ0) is 76.0. The van der Waals surface area contributed by atoms with E-state index in [2.05, 4.69) is 305 Å². The average molecular weight is 1330 g/mol. The number of aryl methyl sites for hydroxylation is 12. The maximum Gasteiger partial charge on any atom is -0.000275 e. The van der Waals surface area contributed by atoms with Crippen molar-refractivity contribution in [2.24, 2.45) is 0 Å². The number of benzene rings is 10. The minimum atomic E-state index is 0.0849. The number of hydrogen-bond donors (Lipinski definition) is 0. The van der Waals surface area contributed by atoms with Crippen molar-refractivity contribution in [3.05, 3.63) is 223 Å². The van der Waals surface area contributed by atoms with Crippen LogP contribution in [0, 0.1) is 249 Å². The number of rotatable bonds is 0. The predicted octanol–water partition coefficient (Wildman–Crippen LogP) is 28.9. The molecule has 100 heavy (non-hydrogen) atoms. The van der Waals surface area contributed by atoms with E-state index in [1.807, 2.05) is 0 Å². The van der Waals surface area contributed by atoms with Crippen LogP contribution in [0.2, 0.25) is 0 Å². The van der Waals surface area contributed by atoms with Crippen molar-refractivity contribution in [3.8, 4) is 22.3 Å². The Hall–Kier alpha value is -6.76. The highest BCUT2D eigenvalue weighted by Gasteiger charge is 2.51. The summed E-state index contributed by atoms with van der Waals surface area (Å²) < 4.78 is 0. The second kappa shape index (κ2) is 25.6. The molecule has 0 aromatic heterocycles. The second-order valence-electron chi connectivity index (χ2n) is 35.0. The third kappa shape index (κ3) is 10.4. The molecule has 0 saturated carbocycles. The van der Waals surface area contributed by atoms with E-state index in [-0.39, 0.29) is 21.7 Å². The lowest BCUT2D eigenvalue weighted by Crippen LogP contribution is -2.45. The fourth-order valence-corrected chi connectivity index (χ4v) is 20.0. The number of fused-ring (bicyclic) bond motifs is 12. The summed E-state index contributed by atoms with van der Waals surface area (Å²) in [5.74, 6) is 0. The highest BCUT2D eigenvalue weighted by Crippen LogP contribution is 2.61. The Bertz CT molecular complexity index is 4620. The Morgan fingerprint density at radius 1 is 0.100 bits per heavy atom. The van der Waals surface area contributed by atoms with Crippen molar-refractivity contribution in [1.29, 1.82) is 0 Å². The third-order valence-corrected chi connectivity index (χ3v) is 30.8. The Labute approximate surface area is 610 Å². The van der Waals surface area contributed by atoms with Crippen molar-refractivity contribution < 1.29 is 0 Å². The SMILES string of the molecule is Cc1c(C)c(C)c2c(c1C)-c1c(C)c(C)c(C)c(C)c1C(C)(C)C2(C)C.Cc1c(C)c(C)c2c(c1C)-c1c(C)c(C)c(C)c(C)c1C(C)(C)C2(C)C.Cc1c(C)c(C)c2c(c1C)c(C)c(C)c1c(C)c(C)c(C)c(C)c12.Cc1c(C)c(C)c2c(c1C)c(C)c(C)c1c(C)c(C)c(C)c(C)c12. The fourth-order valence-electron chi connectivity index (χ4n) is 20.0. The molecule has 2 aliphatic carbocycles. The van der Waals surface area contributed by atoms with Gasteiger partial charge in [0.15, 0.2) is 0 Å². The van der Waals surface area contributed by atoms with Gasteiger partial charge >= 0.3 is 0 Å². The molecule has 12 rings (SSSR count). The van der Waals surface area contributed by atoms with Gasteiger partial charge in [0, 0.05) is 0 Å². The van der Waals surface area contributed by atoms with Crippen LogP contribution in [-0.2, 0) is 21.7 Å². The first-order chi connectivity index (χ1) is 45.8. The molecule has 0 unspecified atom stereocenters. The minimum absolute atomic E-state index is 0.0849. The van der Waals surface area contributed by atoms with Gasteiger partial charge in [0.25, 0.3) is 0 Å². The van der Waals surface area contributed by atoms with Gasteiger partial charge in [-0.05, 0) is 559 Å².